The second kappa shape index (κ2) is 3.88. The average Bonchev–Trinajstić information content (AvgIpc) is 2.67. The molecule has 0 unspecified atom stereocenters. The van der Waals surface area contributed by atoms with E-state index in [0.29, 0.717) is 16.7 Å². The normalized spacial score (nSPS) is 11.8. The highest BCUT2D eigenvalue weighted by Gasteiger charge is 2.22. The molecule has 1 heterocycles. The summed E-state index contributed by atoms with van der Waals surface area (Å²) < 4.78 is 5.09. The molecule has 4 nitrogen and oxygen atoms in total. The molecule has 0 bridgehead atoms. The predicted octanol–water partition coefficient (Wildman–Crippen LogP) is 2.58. The number of hydrogen-bond acceptors (Lipinski definition) is 4. The van der Waals surface area contributed by atoms with Crippen molar-refractivity contribution in [2.24, 2.45) is 5.73 Å². The van der Waals surface area contributed by atoms with Crippen molar-refractivity contribution < 1.29 is 4.52 Å². The summed E-state index contributed by atoms with van der Waals surface area (Å²) in [5, 5.41) is 4.55. The fourth-order valence-electron chi connectivity index (χ4n) is 1.20. The first kappa shape index (κ1) is 11.1. The van der Waals surface area contributed by atoms with E-state index in [1.54, 1.807) is 12.1 Å². The molecule has 0 amide bonds. The maximum Gasteiger partial charge on any atom is 0.246 e. The smallest absolute Gasteiger partial charge is 0.246 e. The van der Waals surface area contributed by atoms with E-state index in [4.69, 9.17) is 21.9 Å². The first-order valence-corrected chi connectivity index (χ1v) is 5.23. The minimum Gasteiger partial charge on any atom is -0.337 e. The Morgan fingerprint density at radius 3 is 2.38 bits per heavy atom. The summed E-state index contributed by atoms with van der Waals surface area (Å²) >= 11 is 5.79. The van der Waals surface area contributed by atoms with E-state index in [0.717, 1.165) is 5.56 Å². The Bertz CT molecular complexity index is 485. The zero-order valence-electron chi connectivity index (χ0n) is 9.07. The number of hydrogen-bond donors (Lipinski definition) is 1. The standard InChI is InChI=1S/C11H12ClN3O/c1-11(2,13)10-14-9(15-16-10)7-3-5-8(12)6-4-7/h3-6H,13H2,1-2H3. The molecule has 0 saturated heterocycles. The first-order chi connectivity index (χ1) is 7.47. The number of rotatable bonds is 2. The lowest BCUT2D eigenvalue weighted by atomic mass is 10.1. The van der Waals surface area contributed by atoms with Crippen LogP contribution in [0.25, 0.3) is 11.4 Å². The summed E-state index contributed by atoms with van der Waals surface area (Å²) in [4.78, 5) is 4.24. The summed E-state index contributed by atoms with van der Waals surface area (Å²) in [5.74, 6) is 0.933. The molecule has 1 aromatic carbocycles. The quantitative estimate of drug-likeness (QED) is 0.872. The predicted molar refractivity (Wildman–Crippen MR) is 62.0 cm³/mol. The Kier molecular flexibility index (Phi) is 2.69. The summed E-state index contributed by atoms with van der Waals surface area (Å²) in [6.07, 6.45) is 0. The summed E-state index contributed by atoms with van der Waals surface area (Å²) in [6, 6.07) is 7.22. The molecule has 1 aromatic heterocycles. The molecular formula is C11H12ClN3O. The minimum absolute atomic E-state index is 0.414. The Morgan fingerprint density at radius 1 is 1.25 bits per heavy atom. The molecule has 0 aliphatic heterocycles. The molecule has 0 aliphatic carbocycles. The van der Waals surface area contributed by atoms with Crippen LogP contribution < -0.4 is 5.73 Å². The van der Waals surface area contributed by atoms with Crippen molar-refractivity contribution >= 4 is 11.6 Å². The average molecular weight is 238 g/mol. The van der Waals surface area contributed by atoms with Gasteiger partial charge in [0.05, 0.1) is 5.54 Å². The zero-order chi connectivity index (χ0) is 11.8. The van der Waals surface area contributed by atoms with Gasteiger partial charge in [-0.2, -0.15) is 4.98 Å². The van der Waals surface area contributed by atoms with Gasteiger partial charge in [-0.1, -0.05) is 16.8 Å². The molecule has 0 fully saturated rings. The number of nitrogens with two attached hydrogens (primary N) is 1. The Morgan fingerprint density at radius 2 is 1.88 bits per heavy atom. The van der Waals surface area contributed by atoms with Crippen LogP contribution in [0, 0.1) is 0 Å². The van der Waals surface area contributed by atoms with Crippen molar-refractivity contribution in [2.45, 2.75) is 19.4 Å². The van der Waals surface area contributed by atoms with E-state index in [9.17, 15) is 0 Å². The van der Waals surface area contributed by atoms with Crippen molar-refractivity contribution in [1.29, 1.82) is 0 Å². The van der Waals surface area contributed by atoms with Crippen molar-refractivity contribution in [3.05, 3.63) is 35.2 Å². The third-order valence-electron chi connectivity index (χ3n) is 2.08. The van der Waals surface area contributed by atoms with Crippen LogP contribution in [0.3, 0.4) is 0 Å². The number of benzene rings is 1. The molecule has 0 radical (unpaired) electrons. The van der Waals surface area contributed by atoms with Crippen LogP contribution in [-0.2, 0) is 5.54 Å². The highest BCUT2D eigenvalue weighted by molar-refractivity contribution is 6.30. The minimum atomic E-state index is -0.627. The van der Waals surface area contributed by atoms with Crippen LogP contribution in [0.5, 0.6) is 0 Å². The lowest BCUT2D eigenvalue weighted by molar-refractivity contribution is 0.312. The van der Waals surface area contributed by atoms with Gasteiger partial charge in [-0.05, 0) is 38.1 Å². The SMILES string of the molecule is CC(C)(N)c1nc(-c2ccc(Cl)cc2)no1. The van der Waals surface area contributed by atoms with Gasteiger partial charge in [0.25, 0.3) is 0 Å². The van der Waals surface area contributed by atoms with Gasteiger partial charge in [-0.25, -0.2) is 0 Å². The van der Waals surface area contributed by atoms with Gasteiger partial charge in [0.15, 0.2) is 0 Å². The van der Waals surface area contributed by atoms with Gasteiger partial charge >= 0.3 is 0 Å². The number of halogens is 1. The van der Waals surface area contributed by atoms with Crippen LogP contribution in [0.15, 0.2) is 28.8 Å². The Labute approximate surface area is 98.4 Å². The maximum atomic E-state index is 5.85. The van der Waals surface area contributed by atoms with Gasteiger partial charge < -0.3 is 10.3 Å². The van der Waals surface area contributed by atoms with Crippen molar-refractivity contribution in [3.8, 4) is 11.4 Å². The van der Waals surface area contributed by atoms with Crippen molar-refractivity contribution in [1.82, 2.24) is 10.1 Å². The maximum absolute atomic E-state index is 5.85. The Hall–Kier alpha value is -1.39. The summed E-state index contributed by atoms with van der Waals surface area (Å²) in [5.41, 5.74) is 6.08. The molecule has 2 aromatic rings. The highest BCUT2D eigenvalue weighted by Crippen LogP contribution is 2.21. The fourth-order valence-corrected chi connectivity index (χ4v) is 1.33. The van der Waals surface area contributed by atoms with Gasteiger partial charge in [0.1, 0.15) is 0 Å². The van der Waals surface area contributed by atoms with Crippen molar-refractivity contribution in [3.63, 3.8) is 0 Å². The largest absolute Gasteiger partial charge is 0.337 e. The molecule has 84 valence electrons. The van der Waals surface area contributed by atoms with Crippen LogP contribution in [0.4, 0.5) is 0 Å². The lowest BCUT2D eigenvalue weighted by Crippen LogP contribution is -2.28. The molecule has 0 spiro atoms. The van der Waals surface area contributed by atoms with Crippen LogP contribution in [-0.4, -0.2) is 10.1 Å². The number of aromatic nitrogens is 2. The van der Waals surface area contributed by atoms with E-state index in [1.165, 1.54) is 0 Å². The topological polar surface area (TPSA) is 64.9 Å². The van der Waals surface area contributed by atoms with Crippen LogP contribution in [0.2, 0.25) is 5.02 Å². The van der Waals surface area contributed by atoms with E-state index < -0.39 is 5.54 Å². The van der Waals surface area contributed by atoms with Gasteiger partial charge in [-0.15, -0.1) is 0 Å². The molecule has 5 heteroatoms. The summed E-state index contributed by atoms with van der Waals surface area (Å²) in [7, 11) is 0. The van der Waals surface area contributed by atoms with Gasteiger partial charge in [0.2, 0.25) is 11.7 Å². The second-order valence-electron chi connectivity index (χ2n) is 4.15. The van der Waals surface area contributed by atoms with E-state index in [1.807, 2.05) is 26.0 Å². The molecule has 0 aliphatic rings. The summed E-state index contributed by atoms with van der Waals surface area (Å²) in [6.45, 7) is 3.62. The number of nitrogens with zero attached hydrogens (tertiary/aromatic N) is 2. The molecule has 0 saturated carbocycles. The van der Waals surface area contributed by atoms with E-state index >= 15 is 0 Å². The van der Waals surface area contributed by atoms with Gasteiger partial charge in [-0.3, -0.25) is 0 Å². The molecule has 0 atom stereocenters. The van der Waals surface area contributed by atoms with Crippen molar-refractivity contribution in [2.75, 3.05) is 0 Å². The monoisotopic (exact) mass is 237 g/mol. The van der Waals surface area contributed by atoms with E-state index in [2.05, 4.69) is 10.1 Å². The lowest BCUT2D eigenvalue weighted by Gasteiger charge is -2.10. The molecule has 16 heavy (non-hydrogen) atoms. The highest BCUT2D eigenvalue weighted by atomic mass is 35.5. The van der Waals surface area contributed by atoms with Gasteiger partial charge in [0, 0.05) is 10.6 Å². The molecule has 2 N–H and O–H groups in total. The van der Waals surface area contributed by atoms with Crippen LogP contribution in [0.1, 0.15) is 19.7 Å². The fraction of sp³-hybridized carbons (Fsp3) is 0.273. The second-order valence-corrected chi connectivity index (χ2v) is 4.59. The van der Waals surface area contributed by atoms with Crippen LogP contribution >= 0.6 is 11.6 Å². The first-order valence-electron chi connectivity index (χ1n) is 4.86. The van der Waals surface area contributed by atoms with E-state index in [-0.39, 0.29) is 0 Å². The third kappa shape index (κ3) is 2.23. The Balaban J connectivity index is 2.35. The molecular weight excluding hydrogens is 226 g/mol. The zero-order valence-corrected chi connectivity index (χ0v) is 9.82. The third-order valence-corrected chi connectivity index (χ3v) is 2.33. The molecule has 2 rings (SSSR count).